The molecule has 0 unspecified atom stereocenters. The molecule has 0 amide bonds. The van der Waals surface area contributed by atoms with Gasteiger partial charge in [-0.1, -0.05) is 0 Å². The average molecular weight is 242 g/mol. The zero-order valence-electron chi connectivity index (χ0n) is 9.65. The predicted molar refractivity (Wildman–Crippen MR) is 64.1 cm³/mol. The monoisotopic (exact) mass is 242 g/mol. The molecule has 0 saturated heterocycles. The molecule has 0 saturated carbocycles. The van der Waals surface area contributed by atoms with Gasteiger partial charge in [0.2, 0.25) is 0 Å². The molecular formula is C12H10N4O2. The van der Waals surface area contributed by atoms with E-state index in [1.54, 1.807) is 34.3 Å². The highest BCUT2D eigenvalue weighted by atomic mass is 16.5. The normalized spacial score (nSPS) is 10.7. The minimum Gasteiger partial charge on any atom is -0.464 e. The van der Waals surface area contributed by atoms with Crippen molar-refractivity contribution < 1.29 is 9.53 Å². The molecular weight excluding hydrogens is 232 g/mol. The Hall–Kier alpha value is -2.63. The number of aromatic nitrogens is 4. The van der Waals surface area contributed by atoms with Gasteiger partial charge in [-0.15, -0.1) is 0 Å². The summed E-state index contributed by atoms with van der Waals surface area (Å²) in [5.41, 5.74) is 0.982. The molecule has 3 rings (SSSR count). The van der Waals surface area contributed by atoms with Crippen LogP contribution in [-0.2, 0) is 4.74 Å². The van der Waals surface area contributed by atoms with E-state index >= 15 is 0 Å². The molecule has 0 spiro atoms. The highest BCUT2D eigenvalue weighted by Crippen LogP contribution is 2.19. The summed E-state index contributed by atoms with van der Waals surface area (Å²) in [5.74, 6) is -0.458. The van der Waals surface area contributed by atoms with Gasteiger partial charge in [0.15, 0.2) is 5.69 Å². The topological polar surface area (TPSA) is 61.9 Å². The summed E-state index contributed by atoms with van der Waals surface area (Å²) in [7, 11) is 1.34. The standard InChI is InChI=1S/C12H10N4O2/c1-18-12(17)10-11-9(2-4-14-10)3-6-16(11)15-7-5-13-8-15/h2-8H,1H3. The van der Waals surface area contributed by atoms with Gasteiger partial charge >= 0.3 is 5.97 Å². The molecule has 3 aromatic heterocycles. The van der Waals surface area contributed by atoms with Crippen LogP contribution in [0.5, 0.6) is 0 Å². The fraction of sp³-hybridized carbons (Fsp3) is 0.0833. The molecule has 0 fully saturated rings. The van der Waals surface area contributed by atoms with Crippen LogP contribution in [0.4, 0.5) is 0 Å². The van der Waals surface area contributed by atoms with Crippen LogP contribution in [0.2, 0.25) is 0 Å². The number of imidazole rings is 1. The molecule has 0 aliphatic heterocycles. The molecule has 0 bridgehead atoms. The Balaban J connectivity index is 2.31. The maximum absolute atomic E-state index is 11.7. The summed E-state index contributed by atoms with van der Waals surface area (Å²) in [5, 5.41) is 0.916. The second-order valence-electron chi connectivity index (χ2n) is 3.69. The molecule has 3 aromatic rings. The molecule has 0 aliphatic rings. The lowest BCUT2D eigenvalue weighted by molar-refractivity contribution is 0.0596. The van der Waals surface area contributed by atoms with Crippen molar-refractivity contribution in [1.82, 2.24) is 19.3 Å². The molecule has 0 N–H and O–H groups in total. The Kier molecular flexibility index (Phi) is 2.33. The van der Waals surface area contributed by atoms with E-state index < -0.39 is 5.97 Å². The summed E-state index contributed by atoms with van der Waals surface area (Å²) in [6.07, 6.45) is 8.54. The van der Waals surface area contributed by atoms with Crippen LogP contribution < -0.4 is 0 Å². The number of nitrogens with zero attached hydrogens (tertiary/aromatic N) is 4. The predicted octanol–water partition coefficient (Wildman–Crippen LogP) is 1.33. The van der Waals surface area contributed by atoms with E-state index in [9.17, 15) is 4.79 Å². The largest absolute Gasteiger partial charge is 0.464 e. The highest BCUT2D eigenvalue weighted by molar-refractivity contribution is 6.01. The van der Waals surface area contributed by atoms with E-state index in [0.29, 0.717) is 5.52 Å². The summed E-state index contributed by atoms with van der Waals surface area (Å²) < 4.78 is 8.30. The van der Waals surface area contributed by atoms with Crippen molar-refractivity contribution in [3.05, 3.63) is 48.9 Å². The molecule has 0 atom stereocenters. The van der Waals surface area contributed by atoms with Gasteiger partial charge in [-0.3, -0.25) is 4.68 Å². The fourth-order valence-electron chi connectivity index (χ4n) is 1.89. The third-order valence-corrected chi connectivity index (χ3v) is 2.70. The molecule has 90 valence electrons. The molecule has 0 aliphatic carbocycles. The van der Waals surface area contributed by atoms with Crippen LogP contribution >= 0.6 is 0 Å². The number of pyridine rings is 1. The zero-order valence-corrected chi connectivity index (χ0v) is 9.65. The number of fused-ring (bicyclic) bond motifs is 1. The van der Waals surface area contributed by atoms with E-state index in [4.69, 9.17) is 4.74 Å². The summed E-state index contributed by atoms with van der Waals surface area (Å²) in [6.45, 7) is 0. The van der Waals surface area contributed by atoms with Crippen molar-refractivity contribution in [3.63, 3.8) is 0 Å². The molecule has 0 aromatic carbocycles. The zero-order chi connectivity index (χ0) is 12.5. The summed E-state index contributed by atoms with van der Waals surface area (Å²) >= 11 is 0. The van der Waals surface area contributed by atoms with E-state index in [1.807, 2.05) is 18.3 Å². The molecule has 0 radical (unpaired) electrons. The Morgan fingerprint density at radius 2 is 2.17 bits per heavy atom. The first-order valence-electron chi connectivity index (χ1n) is 5.34. The lowest BCUT2D eigenvalue weighted by Crippen LogP contribution is -2.11. The van der Waals surface area contributed by atoms with E-state index in [0.717, 1.165) is 5.39 Å². The van der Waals surface area contributed by atoms with Crippen LogP contribution in [0.15, 0.2) is 43.2 Å². The Morgan fingerprint density at radius 3 is 2.89 bits per heavy atom. The maximum atomic E-state index is 11.7. The summed E-state index contributed by atoms with van der Waals surface area (Å²) in [6, 6.07) is 3.75. The number of hydrogen-bond acceptors (Lipinski definition) is 4. The first-order chi connectivity index (χ1) is 8.81. The van der Waals surface area contributed by atoms with E-state index in [2.05, 4.69) is 9.97 Å². The van der Waals surface area contributed by atoms with Crippen LogP contribution in [0.1, 0.15) is 10.5 Å². The molecule has 6 heteroatoms. The van der Waals surface area contributed by atoms with Crippen molar-refractivity contribution in [2.75, 3.05) is 7.11 Å². The number of carbonyl (C=O) groups is 1. The van der Waals surface area contributed by atoms with E-state index in [1.165, 1.54) is 7.11 Å². The molecule has 6 nitrogen and oxygen atoms in total. The van der Waals surface area contributed by atoms with Gasteiger partial charge in [-0.2, -0.15) is 0 Å². The van der Waals surface area contributed by atoms with Crippen molar-refractivity contribution in [2.24, 2.45) is 0 Å². The Labute approximate surface area is 102 Å². The summed E-state index contributed by atoms with van der Waals surface area (Å²) in [4.78, 5) is 19.8. The van der Waals surface area contributed by atoms with Gasteiger partial charge in [-0.05, 0) is 12.1 Å². The molecule has 3 heterocycles. The minimum atomic E-state index is -0.458. The second kappa shape index (κ2) is 3.99. The fourth-order valence-corrected chi connectivity index (χ4v) is 1.89. The second-order valence-corrected chi connectivity index (χ2v) is 3.69. The van der Waals surface area contributed by atoms with Crippen molar-refractivity contribution >= 4 is 16.9 Å². The van der Waals surface area contributed by atoms with Crippen LogP contribution in [-0.4, -0.2) is 32.4 Å². The number of ether oxygens (including phenoxy) is 1. The van der Waals surface area contributed by atoms with E-state index in [-0.39, 0.29) is 5.69 Å². The van der Waals surface area contributed by atoms with Crippen LogP contribution in [0.25, 0.3) is 10.9 Å². The number of esters is 1. The number of hydrogen-bond donors (Lipinski definition) is 0. The third-order valence-electron chi connectivity index (χ3n) is 2.70. The first-order valence-corrected chi connectivity index (χ1v) is 5.34. The third kappa shape index (κ3) is 1.46. The first kappa shape index (κ1) is 10.5. The Morgan fingerprint density at radius 1 is 1.28 bits per heavy atom. The SMILES string of the molecule is COC(=O)c1nccc2ccn(-n3ccnc3)c12. The highest BCUT2D eigenvalue weighted by Gasteiger charge is 2.16. The van der Waals surface area contributed by atoms with Gasteiger partial charge in [0.25, 0.3) is 0 Å². The Bertz CT molecular complexity index is 700. The van der Waals surface area contributed by atoms with Gasteiger partial charge in [0.05, 0.1) is 7.11 Å². The quantitative estimate of drug-likeness (QED) is 0.636. The van der Waals surface area contributed by atoms with Crippen molar-refractivity contribution in [2.45, 2.75) is 0 Å². The minimum absolute atomic E-state index is 0.286. The average Bonchev–Trinajstić information content (AvgIpc) is 3.05. The van der Waals surface area contributed by atoms with Gasteiger partial charge in [0.1, 0.15) is 11.8 Å². The van der Waals surface area contributed by atoms with Crippen LogP contribution in [0.3, 0.4) is 0 Å². The van der Waals surface area contributed by atoms with Gasteiger partial charge in [0, 0.05) is 30.2 Å². The number of rotatable bonds is 2. The number of carbonyl (C=O) groups excluding carboxylic acids is 1. The van der Waals surface area contributed by atoms with Gasteiger partial charge < -0.3 is 4.74 Å². The van der Waals surface area contributed by atoms with Crippen LogP contribution in [0, 0.1) is 0 Å². The lowest BCUT2D eigenvalue weighted by atomic mass is 10.2. The lowest BCUT2D eigenvalue weighted by Gasteiger charge is -2.08. The smallest absolute Gasteiger partial charge is 0.358 e. The van der Waals surface area contributed by atoms with Gasteiger partial charge in [-0.25, -0.2) is 19.4 Å². The number of methoxy groups -OCH3 is 1. The molecule has 18 heavy (non-hydrogen) atoms. The van der Waals surface area contributed by atoms with Crippen molar-refractivity contribution in [3.8, 4) is 0 Å². The maximum Gasteiger partial charge on any atom is 0.358 e. The van der Waals surface area contributed by atoms with Crippen molar-refractivity contribution in [1.29, 1.82) is 0 Å².